The van der Waals surface area contributed by atoms with Crippen LogP contribution in [0.5, 0.6) is 0 Å². The number of unbranched alkanes of at least 4 members (excludes halogenated alkanes) is 5. The predicted octanol–water partition coefficient (Wildman–Crippen LogP) is 3.66. The molecule has 0 unspecified atom stereocenters. The minimum absolute atomic E-state index is 0.737. The van der Waals surface area contributed by atoms with Crippen molar-refractivity contribution in [3.8, 4) is 6.19 Å². The summed E-state index contributed by atoms with van der Waals surface area (Å²) in [7, 11) is 5.81. The Balaban J connectivity index is 0. The maximum absolute atomic E-state index is 8.61. The fourth-order valence-corrected chi connectivity index (χ4v) is 1.80. The molecule has 0 aliphatic carbocycles. The molecule has 0 atom stereocenters. The van der Waals surface area contributed by atoms with Crippen LogP contribution in [0.15, 0.2) is 4.99 Å². The Labute approximate surface area is 130 Å². The standard InChI is InChI=1S/C13H26N4.C2H6S/c1-5-6-7-8-9-10-11-17(4)13(15-12-14)16(2)3;1-3-2/h5-11H2,1-4H3;1-2H3. The summed E-state index contributed by atoms with van der Waals surface area (Å²) >= 11 is 1.75. The van der Waals surface area contributed by atoms with E-state index < -0.39 is 0 Å². The summed E-state index contributed by atoms with van der Waals surface area (Å²) in [6.45, 7) is 3.19. The van der Waals surface area contributed by atoms with Crippen LogP contribution in [0.3, 0.4) is 0 Å². The maximum Gasteiger partial charge on any atom is 0.211 e. The zero-order valence-electron chi connectivity index (χ0n) is 14.1. The van der Waals surface area contributed by atoms with Crippen molar-refractivity contribution in [3.63, 3.8) is 0 Å². The molecule has 0 fully saturated rings. The molecule has 0 spiro atoms. The minimum atomic E-state index is 0.737. The first-order chi connectivity index (χ1) is 9.54. The molecule has 0 rings (SSSR count). The number of aliphatic imine (C=N–C) groups is 1. The van der Waals surface area contributed by atoms with E-state index in [1.807, 2.05) is 49.6 Å². The van der Waals surface area contributed by atoms with E-state index in [0.29, 0.717) is 0 Å². The summed E-state index contributed by atoms with van der Waals surface area (Å²) in [5.41, 5.74) is 0. The van der Waals surface area contributed by atoms with Gasteiger partial charge in [0.2, 0.25) is 12.2 Å². The van der Waals surface area contributed by atoms with E-state index in [0.717, 1.165) is 12.5 Å². The van der Waals surface area contributed by atoms with Gasteiger partial charge < -0.3 is 9.80 Å². The van der Waals surface area contributed by atoms with E-state index in [1.165, 1.54) is 38.5 Å². The third-order valence-corrected chi connectivity index (χ3v) is 2.74. The lowest BCUT2D eigenvalue weighted by atomic mass is 10.1. The van der Waals surface area contributed by atoms with E-state index in [4.69, 9.17) is 5.26 Å². The van der Waals surface area contributed by atoms with Crippen molar-refractivity contribution in [1.29, 1.82) is 5.26 Å². The average molecular weight is 301 g/mol. The van der Waals surface area contributed by atoms with Crippen LogP contribution in [0.1, 0.15) is 45.4 Å². The summed E-state index contributed by atoms with van der Waals surface area (Å²) in [4.78, 5) is 7.75. The molecule has 0 aromatic carbocycles. The molecule has 0 saturated heterocycles. The molecule has 0 N–H and O–H groups in total. The Morgan fingerprint density at radius 1 is 1.05 bits per heavy atom. The highest BCUT2D eigenvalue weighted by Gasteiger charge is 2.07. The highest BCUT2D eigenvalue weighted by molar-refractivity contribution is 7.97. The van der Waals surface area contributed by atoms with Crippen molar-refractivity contribution >= 4 is 17.7 Å². The van der Waals surface area contributed by atoms with Gasteiger partial charge in [-0.25, -0.2) is 0 Å². The van der Waals surface area contributed by atoms with Gasteiger partial charge in [0.25, 0.3) is 0 Å². The quantitative estimate of drug-likeness (QED) is 0.311. The van der Waals surface area contributed by atoms with Crippen LogP contribution < -0.4 is 0 Å². The van der Waals surface area contributed by atoms with Gasteiger partial charge in [-0.2, -0.15) is 17.0 Å². The van der Waals surface area contributed by atoms with Crippen LogP contribution in [0.25, 0.3) is 0 Å². The van der Waals surface area contributed by atoms with Crippen LogP contribution >= 0.6 is 11.8 Å². The molecule has 0 aliphatic heterocycles. The number of thioether (sulfide) groups is 1. The summed E-state index contributed by atoms with van der Waals surface area (Å²) in [5.74, 6) is 0.737. The number of nitrogens with zero attached hydrogens (tertiary/aromatic N) is 4. The fourth-order valence-electron chi connectivity index (χ4n) is 1.80. The molecule has 0 aromatic heterocycles. The van der Waals surface area contributed by atoms with Gasteiger partial charge in [-0.1, -0.05) is 39.0 Å². The van der Waals surface area contributed by atoms with E-state index >= 15 is 0 Å². The lowest BCUT2D eigenvalue weighted by molar-refractivity contribution is 0.408. The van der Waals surface area contributed by atoms with E-state index in [-0.39, 0.29) is 0 Å². The first-order valence-electron chi connectivity index (χ1n) is 7.30. The molecule has 0 bridgehead atoms. The Kier molecular flexibility index (Phi) is 17.3. The van der Waals surface area contributed by atoms with Crippen molar-refractivity contribution in [2.45, 2.75) is 45.4 Å². The third kappa shape index (κ3) is 13.5. The van der Waals surface area contributed by atoms with Gasteiger partial charge in [-0.05, 0) is 18.9 Å². The smallest absolute Gasteiger partial charge is 0.211 e. The summed E-state index contributed by atoms with van der Waals surface area (Å²) in [6, 6.07) is 0. The number of nitriles is 1. The number of hydrogen-bond acceptors (Lipinski definition) is 3. The highest BCUT2D eigenvalue weighted by atomic mass is 32.2. The van der Waals surface area contributed by atoms with Crippen LogP contribution in [0.2, 0.25) is 0 Å². The zero-order valence-corrected chi connectivity index (χ0v) is 15.0. The monoisotopic (exact) mass is 300 g/mol. The number of rotatable bonds is 7. The molecule has 118 valence electrons. The van der Waals surface area contributed by atoms with Crippen molar-refractivity contribution in [3.05, 3.63) is 0 Å². The molecule has 4 nitrogen and oxygen atoms in total. The molecule has 20 heavy (non-hydrogen) atoms. The predicted molar refractivity (Wildman–Crippen MR) is 92.2 cm³/mol. The number of guanidine groups is 1. The fraction of sp³-hybridized carbons (Fsp3) is 0.867. The van der Waals surface area contributed by atoms with Crippen LogP contribution in [-0.2, 0) is 0 Å². The molecule has 5 heteroatoms. The Bertz CT molecular complexity index is 272. The second-order valence-electron chi connectivity index (χ2n) is 5.00. The zero-order chi connectivity index (χ0) is 15.8. The maximum atomic E-state index is 8.61. The van der Waals surface area contributed by atoms with E-state index in [1.54, 1.807) is 11.8 Å². The highest BCUT2D eigenvalue weighted by Crippen LogP contribution is 2.06. The van der Waals surface area contributed by atoms with Crippen molar-refractivity contribution < 1.29 is 0 Å². The van der Waals surface area contributed by atoms with Crippen LogP contribution in [-0.4, -0.2) is 56.0 Å². The summed E-state index contributed by atoms with van der Waals surface area (Å²) < 4.78 is 0. The molecule has 0 saturated carbocycles. The normalized spacial score (nSPS) is 10.3. The van der Waals surface area contributed by atoms with Gasteiger partial charge >= 0.3 is 0 Å². The molecular weight excluding hydrogens is 268 g/mol. The first-order valence-corrected chi connectivity index (χ1v) is 8.93. The van der Waals surface area contributed by atoms with E-state index in [9.17, 15) is 0 Å². The Hall–Kier alpha value is -0.890. The van der Waals surface area contributed by atoms with Crippen molar-refractivity contribution in [2.75, 3.05) is 40.2 Å². The SMILES string of the molecule is CCCCCCCCN(C)C(=NC#N)N(C)C.CSC. The Morgan fingerprint density at radius 2 is 1.55 bits per heavy atom. The second-order valence-corrected chi connectivity index (χ2v) is 5.82. The van der Waals surface area contributed by atoms with Gasteiger partial charge in [-0.15, -0.1) is 4.99 Å². The average Bonchev–Trinajstić information content (AvgIpc) is 2.40. The second kappa shape index (κ2) is 16.2. The third-order valence-electron chi connectivity index (χ3n) is 2.74. The topological polar surface area (TPSA) is 42.6 Å². The molecule has 0 aromatic rings. The molecule has 0 heterocycles. The largest absolute Gasteiger partial charge is 0.348 e. The molecular formula is C15H32N4S. The van der Waals surface area contributed by atoms with Crippen molar-refractivity contribution in [2.24, 2.45) is 4.99 Å². The van der Waals surface area contributed by atoms with Gasteiger partial charge in [-0.3, -0.25) is 0 Å². The van der Waals surface area contributed by atoms with Gasteiger partial charge in [0, 0.05) is 27.7 Å². The van der Waals surface area contributed by atoms with Gasteiger partial charge in [0.05, 0.1) is 0 Å². The lowest BCUT2D eigenvalue weighted by Gasteiger charge is -2.25. The van der Waals surface area contributed by atoms with Crippen LogP contribution in [0.4, 0.5) is 0 Å². The Morgan fingerprint density at radius 3 is 2.00 bits per heavy atom. The summed E-state index contributed by atoms with van der Waals surface area (Å²) in [5, 5.41) is 8.61. The summed E-state index contributed by atoms with van der Waals surface area (Å²) in [6.07, 6.45) is 13.7. The minimum Gasteiger partial charge on any atom is -0.348 e. The van der Waals surface area contributed by atoms with Crippen LogP contribution in [0, 0.1) is 11.5 Å². The lowest BCUT2D eigenvalue weighted by Crippen LogP contribution is -2.38. The van der Waals surface area contributed by atoms with Gasteiger partial charge in [0.1, 0.15) is 0 Å². The number of hydrogen-bond donors (Lipinski definition) is 0. The van der Waals surface area contributed by atoms with Crippen molar-refractivity contribution in [1.82, 2.24) is 9.80 Å². The van der Waals surface area contributed by atoms with E-state index in [2.05, 4.69) is 11.9 Å². The molecule has 0 amide bonds. The molecule has 0 aliphatic rings. The first kappa shape index (κ1) is 21.4. The van der Waals surface area contributed by atoms with Gasteiger partial charge in [0.15, 0.2) is 0 Å². The molecule has 0 radical (unpaired) electrons.